The van der Waals surface area contributed by atoms with Gasteiger partial charge in [-0.3, -0.25) is 0 Å². The first kappa shape index (κ1) is 23.3. The number of hydrogen-bond donors (Lipinski definition) is 2. The van der Waals surface area contributed by atoms with Crippen molar-refractivity contribution in [3.05, 3.63) is 97.1 Å². The van der Waals surface area contributed by atoms with Crippen LogP contribution in [0, 0.1) is 0 Å². The van der Waals surface area contributed by atoms with Gasteiger partial charge in [-0.05, 0) is 32.3 Å². The van der Waals surface area contributed by atoms with Crippen molar-refractivity contribution in [2.24, 2.45) is 0 Å². The number of carboxylic acid groups (broad SMARTS) is 2. The number of carbonyl (C=O) groups is 2. The van der Waals surface area contributed by atoms with Gasteiger partial charge >= 0.3 is 11.9 Å². The van der Waals surface area contributed by atoms with Gasteiger partial charge in [-0.15, -0.1) is 0 Å². The molecule has 0 bridgehead atoms. The zero-order valence-electron chi connectivity index (χ0n) is 20.2. The SMILES string of the molecule is O=C(O)COc1c(-c2c(OCC(=O)O)c3ccccc3c3ccccc23)c2ccccc2c2ccccc12. The molecule has 38 heavy (non-hydrogen) atoms. The van der Waals surface area contributed by atoms with Crippen molar-refractivity contribution in [2.75, 3.05) is 13.2 Å². The van der Waals surface area contributed by atoms with Crippen LogP contribution in [0.4, 0.5) is 0 Å². The summed E-state index contributed by atoms with van der Waals surface area (Å²) in [5.74, 6) is -1.39. The second kappa shape index (κ2) is 9.41. The van der Waals surface area contributed by atoms with Crippen LogP contribution in [0.3, 0.4) is 0 Å². The highest BCUT2D eigenvalue weighted by molar-refractivity contribution is 6.24. The van der Waals surface area contributed by atoms with E-state index in [2.05, 4.69) is 0 Å². The van der Waals surface area contributed by atoms with Gasteiger partial charge in [0.1, 0.15) is 11.5 Å². The average molecular weight is 503 g/mol. The van der Waals surface area contributed by atoms with Gasteiger partial charge in [-0.1, -0.05) is 97.1 Å². The molecule has 0 fully saturated rings. The highest BCUT2D eigenvalue weighted by atomic mass is 16.5. The zero-order valence-corrected chi connectivity index (χ0v) is 20.2. The summed E-state index contributed by atoms with van der Waals surface area (Å²) in [6, 6.07) is 31.1. The lowest BCUT2D eigenvalue weighted by Gasteiger charge is -2.22. The molecular formula is C32H22O6. The van der Waals surface area contributed by atoms with Crippen LogP contribution < -0.4 is 9.47 Å². The van der Waals surface area contributed by atoms with E-state index in [4.69, 9.17) is 9.47 Å². The third kappa shape index (κ3) is 3.83. The second-order valence-corrected chi connectivity index (χ2v) is 8.96. The molecule has 0 aliphatic carbocycles. The summed E-state index contributed by atoms with van der Waals surface area (Å²) >= 11 is 0. The number of ether oxygens (including phenoxy) is 2. The Morgan fingerprint density at radius 1 is 0.447 bits per heavy atom. The summed E-state index contributed by atoms with van der Waals surface area (Å²) < 4.78 is 12.1. The van der Waals surface area contributed by atoms with E-state index in [1.165, 1.54) is 0 Å². The van der Waals surface area contributed by atoms with Gasteiger partial charge < -0.3 is 19.7 Å². The van der Waals surface area contributed by atoms with E-state index in [-0.39, 0.29) is 0 Å². The molecule has 6 nitrogen and oxygen atoms in total. The Morgan fingerprint density at radius 2 is 0.711 bits per heavy atom. The summed E-state index contributed by atoms with van der Waals surface area (Å²) in [5, 5.41) is 26.0. The highest BCUT2D eigenvalue weighted by Gasteiger charge is 2.25. The predicted molar refractivity (Wildman–Crippen MR) is 148 cm³/mol. The quantitative estimate of drug-likeness (QED) is 0.231. The van der Waals surface area contributed by atoms with Gasteiger partial charge in [0.15, 0.2) is 13.2 Å². The minimum atomic E-state index is -1.10. The lowest BCUT2D eigenvalue weighted by molar-refractivity contribution is -0.140. The van der Waals surface area contributed by atoms with Crippen molar-refractivity contribution in [1.82, 2.24) is 0 Å². The van der Waals surface area contributed by atoms with Gasteiger partial charge in [-0.2, -0.15) is 0 Å². The zero-order chi connectivity index (χ0) is 26.2. The van der Waals surface area contributed by atoms with Gasteiger partial charge in [0.25, 0.3) is 0 Å². The van der Waals surface area contributed by atoms with E-state index in [0.29, 0.717) is 22.6 Å². The van der Waals surface area contributed by atoms with Crippen molar-refractivity contribution in [2.45, 2.75) is 0 Å². The summed E-state index contributed by atoms with van der Waals surface area (Å²) in [5.41, 5.74) is 1.31. The fourth-order valence-corrected chi connectivity index (χ4v) is 5.28. The molecule has 0 radical (unpaired) electrons. The Balaban J connectivity index is 1.86. The molecule has 0 amide bonds. The third-order valence-electron chi connectivity index (χ3n) is 6.70. The maximum Gasteiger partial charge on any atom is 0.341 e. The molecule has 6 aromatic rings. The second-order valence-electron chi connectivity index (χ2n) is 8.96. The van der Waals surface area contributed by atoms with Crippen LogP contribution in [-0.4, -0.2) is 35.4 Å². The summed E-state index contributed by atoms with van der Waals surface area (Å²) in [6.45, 7) is -1.07. The van der Waals surface area contributed by atoms with E-state index in [1.807, 2.05) is 97.1 Å². The molecule has 0 saturated carbocycles. The van der Waals surface area contributed by atoms with Gasteiger partial charge in [0.2, 0.25) is 0 Å². The molecule has 0 aliphatic heterocycles. The van der Waals surface area contributed by atoms with Crippen LogP contribution in [0.25, 0.3) is 54.2 Å². The molecule has 6 aromatic carbocycles. The Bertz CT molecular complexity index is 1750. The molecule has 6 rings (SSSR count). The third-order valence-corrected chi connectivity index (χ3v) is 6.70. The summed E-state index contributed by atoms with van der Waals surface area (Å²) in [4.78, 5) is 23.3. The molecule has 0 atom stereocenters. The van der Waals surface area contributed by atoms with Crippen molar-refractivity contribution >= 4 is 55.0 Å². The molecule has 2 N–H and O–H groups in total. The van der Waals surface area contributed by atoms with E-state index >= 15 is 0 Å². The Kier molecular flexibility index (Phi) is 5.77. The lowest BCUT2D eigenvalue weighted by atomic mass is 9.87. The molecule has 6 heteroatoms. The monoisotopic (exact) mass is 502 g/mol. The fraction of sp³-hybridized carbons (Fsp3) is 0.0625. The van der Waals surface area contributed by atoms with Crippen molar-refractivity contribution in [1.29, 1.82) is 0 Å². The van der Waals surface area contributed by atoms with Crippen LogP contribution >= 0.6 is 0 Å². The largest absolute Gasteiger partial charge is 0.481 e. The smallest absolute Gasteiger partial charge is 0.341 e. The number of fused-ring (bicyclic) bond motifs is 6. The molecule has 0 aliphatic rings. The van der Waals surface area contributed by atoms with Crippen molar-refractivity contribution in [3.8, 4) is 22.6 Å². The van der Waals surface area contributed by atoms with Crippen LogP contribution in [0.5, 0.6) is 11.5 Å². The summed E-state index contributed by atoms with van der Waals surface area (Å²) in [6.07, 6.45) is 0. The molecule has 0 unspecified atom stereocenters. The normalized spacial score (nSPS) is 11.3. The average Bonchev–Trinajstić information content (AvgIpc) is 2.94. The highest BCUT2D eigenvalue weighted by Crippen LogP contribution is 2.51. The van der Waals surface area contributed by atoms with Crippen LogP contribution in [0.1, 0.15) is 0 Å². The van der Waals surface area contributed by atoms with E-state index in [9.17, 15) is 19.8 Å². The lowest BCUT2D eigenvalue weighted by Crippen LogP contribution is -2.12. The number of rotatable bonds is 7. The fourth-order valence-electron chi connectivity index (χ4n) is 5.28. The van der Waals surface area contributed by atoms with E-state index in [1.54, 1.807) is 0 Å². The van der Waals surface area contributed by atoms with E-state index < -0.39 is 25.2 Å². The first-order valence-corrected chi connectivity index (χ1v) is 12.1. The van der Waals surface area contributed by atoms with Crippen LogP contribution in [0.2, 0.25) is 0 Å². The maximum atomic E-state index is 11.6. The topological polar surface area (TPSA) is 93.1 Å². The molecule has 0 heterocycles. The number of aliphatic carboxylic acids is 2. The van der Waals surface area contributed by atoms with Gasteiger partial charge in [0.05, 0.1) is 0 Å². The molecule has 0 aromatic heterocycles. The molecular weight excluding hydrogens is 480 g/mol. The standard InChI is InChI=1S/C32H22O6/c33-27(34)17-37-31-25-15-7-3-11-21(25)19-9-1-5-13-23(19)29(31)30-24-14-6-2-10-20(24)22-12-4-8-16-26(22)32(30)38-18-28(35)36/h1-16H,17-18H2,(H,33,34)(H,35,36). The Hall–Kier alpha value is -5.10. The number of hydrogen-bond acceptors (Lipinski definition) is 4. The minimum absolute atomic E-state index is 0.405. The Morgan fingerprint density at radius 3 is 1.03 bits per heavy atom. The van der Waals surface area contributed by atoms with Crippen molar-refractivity contribution < 1.29 is 29.3 Å². The summed E-state index contributed by atoms with van der Waals surface area (Å²) in [7, 11) is 0. The van der Waals surface area contributed by atoms with Crippen LogP contribution in [-0.2, 0) is 9.59 Å². The molecule has 186 valence electrons. The first-order valence-electron chi connectivity index (χ1n) is 12.1. The maximum absolute atomic E-state index is 11.6. The Labute approximate surface area is 217 Å². The van der Waals surface area contributed by atoms with Gasteiger partial charge in [0, 0.05) is 21.9 Å². The molecule has 0 spiro atoms. The minimum Gasteiger partial charge on any atom is -0.481 e. The predicted octanol–water partition coefficient (Wildman–Crippen LogP) is 6.89. The van der Waals surface area contributed by atoms with Crippen molar-refractivity contribution in [3.63, 3.8) is 0 Å². The number of carboxylic acids is 2. The van der Waals surface area contributed by atoms with Crippen LogP contribution in [0.15, 0.2) is 97.1 Å². The van der Waals surface area contributed by atoms with Gasteiger partial charge in [-0.25, -0.2) is 9.59 Å². The number of benzene rings is 6. The first-order chi connectivity index (χ1) is 18.5. The van der Waals surface area contributed by atoms with E-state index in [0.717, 1.165) is 43.1 Å². The molecule has 0 saturated heterocycles.